The van der Waals surface area contributed by atoms with Gasteiger partial charge in [0.2, 0.25) is 11.8 Å². The summed E-state index contributed by atoms with van der Waals surface area (Å²) in [5, 5.41) is 3.06. The lowest BCUT2D eigenvalue weighted by atomic mass is 10.2. The number of nitrogens with zero attached hydrogens (tertiary/aromatic N) is 1. The second kappa shape index (κ2) is 7.77. The average molecular weight is 367 g/mol. The molecule has 2 amide bonds. The summed E-state index contributed by atoms with van der Waals surface area (Å²) < 4.78 is 1.01. The van der Waals surface area contributed by atoms with Crippen LogP contribution >= 0.6 is 15.9 Å². The predicted octanol–water partition coefficient (Wildman–Crippen LogP) is 3.56. The van der Waals surface area contributed by atoms with Crippen molar-refractivity contribution in [3.05, 3.63) is 28.2 Å². The Kier molecular flexibility index (Phi) is 6.00. The predicted molar refractivity (Wildman–Crippen MR) is 91.9 cm³/mol. The fourth-order valence-electron chi connectivity index (χ4n) is 2.85. The number of halogens is 1. The summed E-state index contributed by atoms with van der Waals surface area (Å²) in [5.41, 5.74) is 1.90. The van der Waals surface area contributed by atoms with Crippen LogP contribution in [-0.4, -0.2) is 24.4 Å². The molecule has 1 aromatic carbocycles. The molecule has 0 unspecified atom stereocenters. The summed E-state index contributed by atoms with van der Waals surface area (Å²) in [6.07, 6.45) is 4.89. The number of carbonyl (C=O) groups is 2. The molecule has 1 aliphatic carbocycles. The van der Waals surface area contributed by atoms with Crippen LogP contribution in [0.2, 0.25) is 0 Å². The molecule has 1 saturated carbocycles. The fourth-order valence-corrected chi connectivity index (χ4v) is 3.10. The van der Waals surface area contributed by atoms with Gasteiger partial charge < -0.3 is 10.2 Å². The van der Waals surface area contributed by atoms with Gasteiger partial charge in [-0.15, -0.1) is 0 Å². The number of hydrogen-bond donors (Lipinski definition) is 1. The lowest BCUT2D eigenvalue weighted by molar-refractivity contribution is -0.121. The highest BCUT2D eigenvalue weighted by Crippen LogP contribution is 2.23. The largest absolute Gasteiger partial charge is 0.353 e. The summed E-state index contributed by atoms with van der Waals surface area (Å²) >= 11 is 3.46. The van der Waals surface area contributed by atoms with E-state index in [1.54, 1.807) is 4.90 Å². The first-order valence-corrected chi connectivity index (χ1v) is 8.60. The van der Waals surface area contributed by atoms with Crippen LogP contribution in [0.5, 0.6) is 0 Å². The number of carbonyl (C=O) groups excluding carboxylic acids is 2. The Morgan fingerprint density at radius 3 is 2.59 bits per heavy atom. The number of amides is 2. The number of nitrogens with one attached hydrogen (secondary N) is 1. The minimum absolute atomic E-state index is 0.0342. The number of anilines is 1. The Balaban J connectivity index is 1.95. The molecule has 0 aromatic heterocycles. The van der Waals surface area contributed by atoms with Crippen molar-refractivity contribution in [2.24, 2.45) is 0 Å². The highest BCUT2D eigenvalue weighted by molar-refractivity contribution is 9.10. The molecule has 120 valence electrons. The number of aryl methyl sites for hydroxylation is 1. The first kappa shape index (κ1) is 17.0. The van der Waals surface area contributed by atoms with E-state index < -0.39 is 0 Å². The van der Waals surface area contributed by atoms with Crippen LogP contribution in [0, 0.1) is 6.92 Å². The minimum Gasteiger partial charge on any atom is -0.353 e. The molecule has 1 fully saturated rings. The molecule has 0 aliphatic heterocycles. The van der Waals surface area contributed by atoms with E-state index in [1.165, 1.54) is 19.8 Å². The highest BCUT2D eigenvalue weighted by atomic mass is 79.9. The lowest BCUT2D eigenvalue weighted by Crippen LogP contribution is -2.37. The van der Waals surface area contributed by atoms with Gasteiger partial charge in [0.25, 0.3) is 0 Å². The topological polar surface area (TPSA) is 49.4 Å². The normalized spacial score (nSPS) is 14.9. The second-order valence-corrected chi connectivity index (χ2v) is 6.76. The van der Waals surface area contributed by atoms with E-state index in [4.69, 9.17) is 0 Å². The van der Waals surface area contributed by atoms with Crippen molar-refractivity contribution >= 4 is 33.4 Å². The molecule has 4 nitrogen and oxygen atoms in total. The van der Waals surface area contributed by atoms with Crippen molar-refractivity contribution in [1.82, 2.24) is 5.32 Å². The van der Waals surface area contributed by atoms with E-state index in [-0.39, 0.29) is 11.8 Å². The summed E-state index contributed by atoms with van der Waals surface area (Å²) in [5.74, 6) is -0.0117. The van der Waals surface area contributed by atoms with Crippen molar-refractivity contribution in [3.8, 4) is 0 Å². The lowest BCUT2D eigenvalue weighted by Gasteiger charge is -2.22. The van der Waals surface area contributed by atoms with E-state index in [9.17, 15) is 9.59 Å². The first-order valence-electron chi connectivity index (χ1n) is 7.81. The van der Waals surface area contributed by atoms with Gasteiger partial charge in [-0.25, -0.2) is 0 Å². The molecule has 0 bridgehead atoms. The van der Waals surface area contributed by atoms with Gasteiger partial charge in [0.1, 0.15) is 0 Å². The third kappa shape index (κ3) is 4.57. The summed E-state index contributed by atoms with van der Waals surface area (Å²) in [6.45, 7) is 3.93. The molecule has 0 radical (unpaired) electrons. The Morgan fingerprint density at radius 2 is 2.00 bits per heavy atom. The van der Waals surface area contributed by atoms with Crippen LogP contribution in [0.3, 0.4) is 0 Å². The zero-order valence-electron chi connectivity index (χ0n) is 13.2. The Morgan fingerprint density at radius 1 is 1.32 bits per heavy atom. The maximum atomic E-state index is 12.0. The molecule has 1 aromatic rings. The van der Waals surface area contributed by atoms with Gasteiger partial charge in [0.05, 0.1) is 0 Å². The van der Waals surface area contributed by atoms with Gasteiger partial charge in [-0.2, -0.15) is 0 Å². The van der Waals surface area contributed by atoms with Gasteiger partial charge in [-0.3, -0.25) is 9.59 Å². The van der Waals surface area contributed by atoms with E-state index >= 15 is 0 Å². The molecule has 1 aliphatic rings. The van der Waals surface area contributed by atoms with Gasteiger partial charge in [-0.1, -0.05) is 28.8 Å². The molecular weight excluding hydrogens is 344 g/mol. The molecular formula is C17H23BrN2O2. The average Bonchev–Trinajstić information content (AvgIpc) is 2.95. The molecule has 22 heavy (non-hydrogen) atoms. The quantitative estimate of drug-likeness (QED) is 0.865. The number of benzene rings is 1. The fraction of sp³-hybridized carbons (Fsp3) is 0.529. The smallest absolute Gasteiger partial charge is 0.223 e. The van der Waals surface area contributed by atoms with Crippen LogP contribution in [-0.2, 0) is 9.59 Å². The third-order valence-electron chi connectivity index (χ3n) is 4.12. The summed E-state index contributed by atoms with van der Waals surface area (Å²) in [7, 11) is 0. The third-order valence-corrected chi connectivity index (χ3v) is 5.01. The Hall–Kier alpha value is -1.36. The maximum absolute atomic E-state index is 12.0. The van der Waals surface area contributed by atoms with E-state index in [0.717, 1.165) is 28.6 Å². The molecule has 5 heteroatoms. The van der Waals surface area contributed by atoms with Crippen molar-refractivity contribution < 1.29 is 9.59 Å². The molecule has 0 saturated heterocycles. The molecule has 0 atom stereocenters. The standard InChI is InChI=1S/C17H23BrN2O2/c1-12-11-15(7-8-16(12)18)20(13(2)21)10-9-17(22)19-14-5-3-4-6-14/h7-8,11,14H,3-6,9-10H2,1-2H3,(H,19,22). The van der Waals surface area contributed by atoms with E-state index in [0.29, 0.717) is 19.0 Å². The first-order chi connectivity index (χ1) is 10.5. The summed E-state index contributed by atoms with van der Waals surface area (Å²) in [4.78, 5) is 25.6. The molecule has 0 spiro atoms. The van der Waals surface area contributed by atoms with E-state index in [1.807, 2.05) is 25.1 Å². The summed E-state index contributed by atoms with van der Waals surface area (Å²) in [6, 6.07) is 6.11. The van der Waals surface area contributed by atoms with Gasteiger partial charge in [-0.05, 0) is 43.5 Å². The monoisotopic (exact) mass is 366 g/mol. The van der Waals surface area contributed by atoms with Crippen molar-refractivity contribution in [2.45, 2.75) is 52.0 Å². The van der Waals surface area contributed by atoms with Crippen LogP contribution < -0.4 is 10.2 Å². The Bertz CT molecular complexity index is 554. The minimum atomic E-state index is -0.0459. The Labute approximate surface area is 140 Å². The van der Waals surface area contributed by atoms with Gasteiger partial charge in [0, 0.05) is 36.1 Å². The molecule has 0 heterocycles. The SMILES string of the molecule is CC(=O)N(CCC(=O)NC1CCCC1)c1ccc(Br)c(C)c1. The van der Waals surface area contributed by atoms with Crippen LogP contribution in [0.1, 0.15) is 44.6 Å². The maximum Gasteiger partial charge on any atom is 0.223 e. The second-order valence-electron chi connectivity index (χ2n) is 5.90. The van der Waals surface area contributed by atoms with Crippen molar-refractivity contribution in [2.75, 3.05) is 11.4 Å². The van der Waals surface area contributed by atoms with Crippen LogP contribution in [0.4, 0.5) is 5.69 Å². The molecule has 2 rings (SSSR count). The van der Waals surface area contributed by atoms with E-state index in [2.05, 4.69) is 21.2 Å². The van der Waals surface area contributed by atoms with Gasteiger partial charge in [0.15, 0.2) is 0 Å². The number of hydrogen-bond acceptors (Lipinski definition) is 2. The zero-order valence-corrected chi connectivity index (χ0v) is 14.8. The van der Waals surface area contributed by atoms with Crippen LogP contribution in [0.15, 0.2) is 22.7 Å². The van der Waals surface area contributed by atoms with Crippen LogP contribution in [0.25, 0.3) is 0 Å². The molecule has 1 N–H and O–H groups in total. The highest BCUT2D eigenvalue weighted by Gasteiger charge is 2.18. The zero-order chi connectivity index (χ0) is 16.1. The van der Waals surface area contributed by atoms with Gasteiger partial charge >= 0.3 is 0 Å². The van der Waals surface area contributed by atoms with Crippen molar-refractivity contribution in [3.63, 3.8) is 0 Å². The van der Waals surface area contributed by atoms with Crippen molar-refractivity contribution in [1.29, 1.82) is 0 Å². The number of rotatable bonds is 5.